The number of hydrogen-bond donors (Lipinski definition) is 6. The number of carboxylic acid groups (broad SMARTS) is 1. The minimum absolute atomic E-state index is 0.0286. The van der Waals surface area contributed by atoms with Crippen LogP contribution in [0.3, 0.4) is 0 Å². The van der Waals surface area contributed by atoms with E-state index < -0.39 is 127 Å². The van der Waals surface area contributed by atoms with Gasteiger partial charge in [0.25, 0.3) is 0 Å². The van der Waals surface area contributed by atoms with E-state index in [9.17, 15) is 35.4 Å². The molecule has 358 valence electrons. The smallest absolute Gasteiger partial charge is 0.308 e. The van der Waals surface area contributed by atoms with Gasteiger partial charge in [-0.25, -0.2) is 0 Å². The van der Waals surface area contributed by atoms with Gasteiger partial charge in [0.15, 0.2) is 23.7 Å². The monoisotopic (exact) mass is 889 g/mol. The molecule has 0 aliphatic carbocycles. The average Bonchev–Trinajstić information content (AvgIpc) is 3.92. The highest BCUT2D eigenvalue weighted by molar-refractivity contribution is 5.68. The Morgan fingerprint density at radius 3 is 2.19 bits per heavy atom. The minimum Gasteiger partial charge on any atom is -0.481 e. The van der Waals surface area contributed by atoms with E-state index in [1.54, 1.807) is 7.11 Å². The summed E-state index contributed by atoms with van der Waals surface area (Å²) in [6.45, 7) is 14.7. The summed E-state index contributed by atoms with van der Waals surface area (Å²) in [5.74, 6) is -8.48. The fourth-order valence-electron chi connectivity index (χ4n) is 12.1. The third-order valence-electron chi connectivity index (χ3n) is 16.3. The fourth-order valence-corrected chi connectivity index (χ4v) is 12.1. The number of ether oxygens (including phenoxy) is 10. The van der Waals surface area contributed by atoms with Crippen molar-refractivity contribution >= 4 is 5.97 Å². The summed E-state index contributed by atoms with van der Waals surface area (Å²) >= 11 is 0. The first-order valence-corrected chi connectivity index (χ1v) is 23.1. The molecule has 6 N–H and O–H groups in total. The zero-order valence-electron chi connectivity index (χ0n) is 38.3. The maximum absolute atomic E-state index is 11.8. The molecule has 1 unspecified atom stereocenters. The molecule has 1 spiro atoms. The van der Waals surface area contributed by atoms with Gasteiger partial charge >= 0.3 is 5.97 Å². The van der Waals surface area contributed by atoms with E-state index in [1.807, 2.05) is 41.5 Å². The maximum Gasteiger partial charge on any atom is 0.308 e. The highest BCUT2D eigenvalue weighted by atomic mass is 16.7. The maximum atomic E-state index is 11.8. The van der Waals surface area contributed by atoms with E-state index in [-0.39, 0.29) is 36.6 Å². The van der Waals surface area contributed by atoms with Crippen LogP contribution in [0.5, 0.6) is 0 Å². The molecule has 0 aromatic heterocycles. The molecule has 62 heavy (non-hydrogen) atoms. The molecule has 17 heteroatoms. The molecule has 23 atom stereocenters. The number of aliphatic carboxylic acids is 1. The van der Waals surface area contributed by atoms with Gasteiger partial charge in [0, 0.05) is 63.6 Å². The molecule has 7 rings (SSSR count). The van der Waals surface area contributed by atoms with Gasteiger partial charge in [0.2, 0.25) is 0 Å². The molecular weight excluding hydrogens is 812 g/mol. The highest BCUT2D eigenvalue weighted by Crippen LogP contribution is 2.54. The quantitative estimate of drug-likeness (QED) is 0.165. The minimum atomic E-state index is -2.16. The van der Waals surface area contributed by atoms with Crippen LogP contribution in [0.25, 0.3) is 0 Å². The summed E-state index contributed by atoms with van der Waals surface area (Å²) < 4.78 is 64.9. The lowest BCUT2D eigenvalue weighted by molar-refractivity contribution is -0.363. The van der Waals surface area contributed by atoms with Crippen molar-refractivity contribution < 1.29 is 82.8 Å². The van der Waals surface area contributed by atoms with Gasteiger partial charge in [-0.2, -0.15) is 0 Å². The van der Waals surface area contributed by atoms with Gasteiger partial charge in [-0.15, -0.1) is 0 Å². The predicted octanol–water partition coefficient (Wildman–Crippen LogP) is 3.01. The summed E-state index contributed by atoms with van der Waals surface area (Å²) in [6.07, 6.45) is -3.27. The second kappa shape index (κ2) is 18.2. The molecule has 17 nitrogen and oxygen atoms in total. The standard InChI is InChI=1S/C45H76O17/c1-22-17-23(2)45(52,21-46)60-36(22)30-18-31(56-34-12-11-29(53-9)27(6)55-34)40(57-30)42(8)14-13-32(58-42)41(7)15-16-43(62-41)19-28(47)24(3)37(59-43)25(4)38-39(54-10)35(50)26(5)44(51,61-38)20-33(48)49/h22-32,34-40,46-47,50-52H,11-21H2,1-10H3,(H,48,49)/t22-,23-,24+,25+,26-,27+,28-,29-,30+,31-,32+,34?,35-,36-,37-,38-,39+,40+,41-,42-,43+,44+,45-/m0/s1. The van der Waals surface area contributed by atoms with E-state index in [4.69, 9.17) is 47.4 Å². The predicted molar refractivity (Wildman–Crippen MR) is 218 cm³/mol. The topological polar surface area (TPSA) is 231 Å². The molecule has 7 saturated heterocycles. The normalized spacial score (nSPS) is 54.2. The lowest BCUT2D eigenvalue weighted by Gasteiger charge is -2.53. The van der Waals surface area contributed by atoms with Crippen LogP contribution in [0.1, 0.15) is 120 Å². The molecule has 7 aliphatic heterocycles. The second-order valence-corrected chi connectivity index (χ2v) is 20.7. The van der Waals surface area contributed by atoms with Crippen molar-refractivity contribution in [2.75, 3.05) is 20.8 Å². The van der Waals surface area contributed by atoms with E-state index >= 15 is 0 Å². The molecule has 7 aliphatic rings. The SMILES string of the molecule is CO[C@@H]1[C@@H](O)[C@H](C)[C@@](O)(CC(=O)O)O[C@H]1[C@H](C)[C@H]1O[C@@]2(CC[C@@](C)([C@H]3CC[C@@](C)([C@@H]4O[C@@H]([C@H]5O[C@@](O)(CO)[C@@H](C)C[C@@H]5C)C[C@@H]4OC4CC[C@H](OC)[C@@H](C)O4)O3)O2)C[C@H](O)[C@H]1C. The zero-order chi connectivity index (χ0) is 45.3. The first-order chi connectivity index (χ1) is 29.0. The number of carboxylic acids is 1. The van der Waals surface area contributed by atoms with Crippen LogP contribution < -0.4 is 0 Å². The number of aliphatic hydroxyl groups excluding tert-OH is 3. The summed E-state index contributed by atoms with van der Waals surface area (Å²) in [4.78, 5) is 11.8. The molecule has 0 amide bonds. The van der Waals surface area contributed by atoms with Gasteiger partial charge in [-0.05, 0) is 58.8 Å². The first kappa shape index (κ1) is 48.8. The van der Waals surface area contributed by atoms with E-state index in [0.29, 0.717) is 44.9 Å². The van der Waals surface area contributed by atoms with Crippen LogP contribution in [0.4, 0.5) is 0 Å². The largest absolute Gasteiger partial charge is 0.481 e. The summed E-state index contributed by atoms with van der Waals surface area (Å²) in [5, 5.41) is 65.3. The van der Waals surface area contributed by atoms with Crippen molar-refractivity contribution in [3.63, 3.8) is 0 Å². The Morgan fingerprint density at radius 2 is 1.55 bits per heavy atom. The molecule has 0 radical (unpaired) electrons. The molecule has 0 aromatic carbocycles. The Morgan fingerprint density at radius 1 is 0.823 bits per heavy atom. The Bertz CT molecular complexity index is 1560. The molecule has 0 saturated carbocycles. The van der Waals surface area contributed by atoms with E-state index in [2.05, 4.69) is 6.92 Å². The number of methoxy groups -OCH3 is 2. The number of rotatable bonds is 12. The summed E-state index contributed by atoms with van der Waals surface area (Å²) in [5.41, 5.74) is -1.65. The molecule has 0 bridgehead atoms. The second-order valence-electron chi connectivity index (χ2n) is 20.7. The highest BCUT2D eigenvalue weighted by Gasteiger charge is 2.63. The Kier molecular flexibility index (Phi) is 14.3. The van der Waals surface area contributed by atoms with Crippen LogP contribution in [0.15, 0.2) is 0 Å². The third-order valence-corrected chi connectivity index (χ3v) is 16.3. The van der Waals surface area contributed by atoms with Crippen LogP contribution >= 0.6 is 0 Å². The number of aliphatic hydroxyl groups is 5. The molecular formula is C45H76O17. The Balaban J connectivity index is 1.08. The first-order valence-electron chi connectivity index (χ1n) is 23.1. The molecule has 7 heterocycles. The van der Waals surface area contributed by atoms with E-state index in [0.717, 1.165) is 6.42 Å². The van der Waals surface area contributed by atoms with Crippen LogP contribution in [0.2, 0.25) is 0 Å². The van der Waals surface area contributed by atoms with Crippen molar-refractivity contribution in [3.05, 3.63) is 0 Å². The van der Waals surface area contributed by atoms with Crippen LogP contribution in [-0.4, -0.2) is 166 Å². The lowest BCUT2D eigenvalue weighted by atomic mass is 9.75. The number of hydrogen-bond acceptors (Lipinski definition) is 16. The van der Waals surface area contributed by atoms with Crippen LogP contribution in [-0.2, 0) is 52.2 Å². The van der Waals surface area contributed by atoms with Gasteiger partial charge in [0.1, 0.15) is 12.2 Å². The van der Waals surface area contributed by atoms with Gasteiger partial charge in [-0.3, -0.25) is 4.79 Å². The zero-order valence-corrected chi connectivity index (χ0v) is 38.3. The van der Waals surface area contributed by atoms with Crippen molar-refractivity contribution in [3.8, 4) is 0 Å². The van der Waals surface area contributed by atoms with Gasteiger partial charge in [0.05, 0.1) is 85.3 Å². The van der Waals surface area contributed by atoms with Crippen molar-refractivity contribution in [2.24, 2.45) is 29.6 Å². The van der Waals surface area contributed by atoms with Crippen molar-refractivity contribution in [2.45, 2.75) is 228 Å². The van der Waals surface area contributed by atoms with E-state index in [1.165, 1.54) is 14.0 Å². The van der Waals surface area contributed by atoms with Crippen molar-refractivity contribution in [1.29, 1.82) is 0 Å². The summed E-state index contributed by atoms with van der Waals surface area (Å²) in [6, 6.07) is 0. The Labute approximate surface area is 366 Å². The van der Waals surface area contributed by atoms with Crippen molar-refractivity contribution in [1.82, 2.24) is 0 Å². The average molecular weight is 889 g/mol. The van der Waals surface area contributed by atoms with Gasteiger partial charge < -0.3 is 78.0 Å². The molecule has 7 fully saturated rings. The number of carbonyl (C=O) groups is 1. The Hall–Kier alpha value is -1.13. The van der Waals surface area contributed by atoms with Crippen LogP contribution in [0, 0.1) is 29.6 Å². The lowest BCUT2D eigenvalue weighted by Crippen LogP contribution is -2.65. The molecule has 0 aromatic rings. The third kappa shape index (κ3) is 9.02. The fraction of sp³-hybridized carbons (Fsp3) is 0.978. The van der Waals surface area contributed by atoms with Gasteiger partial charge in [-0.1, -0.05) is 34.6 Å². The summed E-state index contributed by atoms with van der Waals surface area (Å²) in [7, 11) is 3.12.